The van der Waals surface area contributed by atoms with Crippen LogP contribution in [0.2, 0.25) is 0 Å². The summed E-state index contributed by atoms with van der Waals surface area (Å²) in [5, 5.41) is 10.5. The van der Waals surface area contributed by atoms with Crippen LogP contribution < -0.4 is 4.90 Å². The van der Waals surface area contributed by atoms with Crippen LogP contribution in [-0.4, -0.2) is 0 Å². The number of benzene rings is 8. The fraction of sp³-hybridized carbons (Fsp3) is 0. The van der Waals surface area contributed by atoms with Crippen molar-refractivity contribution in [3.63, 3.8) is 0 Å². The van der Waals surface area contributed by atoms with E-state index < -0.39 is 0 Å². The van der Waals surface area contributed by atoms with Crippen molar-refractivity contribution in [2.45, 2.75) is 0 Å². The van der Waals surface area contributed by atoms with Gasteiger partial charge in [-0.1, -0.05) is 97.1 Å². The van der Waals surface area contributed by atoms with Crippen LogP contribution in [0.5, 0.6) is 0 Å². The summed E-state index contributed by atoms with van der Waals surface area (Å²) in [6.45, 7) is 0. The Kier molecular flexibility index (Phi) is 6.23. The zero-order valence-electron chi connectivity index (χ0n) is 26.8. The molecule has 11 aromatic rings. The SMILES string of the molecule is c1cc(-c2ccc(N(c3ccc4sc5ccccc5c4c3)c3ccc4sc5ccccc5c4c3)cc2)c2c(c1)ccc1c3ccccc3sc12. The van der Waals surface area contributed by atoms with Gasteiger partial charge in [0.25, 0.3) is 0 Å². The van der Waals surface area contributed by atoms with E-state index in [4.69, 9.17) is 0 Å². The van der Waals surface area contributed by atoms with E-state index >= 15 is 0 Å². The van der Waals surface area contributed by atoms with Crippen molar-refractivity contribution < 1.29 is 0 Å². The predicted molar refractivity (Wildman–Crippen MR) is 223 cm³/mol. The summed E-state index contributed by atoms with van der Waals surface area (Å²) in [6.07, 6.45) is 0. The zero-order valence-corrected chi connectivity index (χ0v) is 29.2. The second kappa shape index (κ2) is 11.0. The molecule has 234 valence electrons. The van der Waals surface area contributed by atoms with Gasteiger partial charge in [0.15, 0.2) is 0 Å². The number of anilines is 3. The number of nitrogens with zero attached hydrogens (tertiary/aromatic N) is 1. The highest BCUT2D eigenvalue weighted by Gasteiger charge is 2.18. The second-order valence-corrected chi connectivity index (χ2v) is 16.1. The summed E-state index contributed by atoms with van der Waals surface area (Å²) in [4.78, 5) is 2.43. The molecule has 3 aromatic heterocycles. The molecule has 11 rings (SSSR count). The molecule has 0 radical (unpaired) electrons. The molecule has 0 fully saturated rings. The van der Waals surface area contributed by atoms with Gasteiger partial charge in [0.1, 0.15) is 0 Å². The maximum absolute atomic E-state index is 2.43. The van der Waals surface area contributed by atoms with E-state index in [-0.39, 0.29) is 0 Å². The van der Waals surface area contributed by atoms with Gasteiger partial charge in [0.2, 0.25) is 0 Å². The van der Waals surface area contributed by atoms with Crippen molar-refractivity contribution in [2.75, 3.05) is 4.90 Å². The Balaban J connectivity index is 1.10. The van der Waals surface area contributed by atoms with Gasteiger partial charge in [-0.05, 0) is 83.2 Å². The number of hydrogen-bond donors (Lipinski definition) is 0. The average molecular weight is 690 g/mol. The molecule has 0 atom stereocenters. The number of thiophene rings is 3. The first-order chi connectivity index (χ1) is 24.8. The second-order valence-electron chi connectivity index (χ2n) is 12.9. The zero-order chi connectivity index (χ0) is 32.8. The van der Waals surface area contributed by atoms with Gasteiger partial charge in [-0.15, -0.1) is 34.0 Å². The minimum absolute atomic E-state index is 1.14. The van der Waals surface area contributed by atoms with Crippen LogP contribution in [0.1, 0.15) is 0 Å². The lowest BCUT2D eigenvalue weighted by atomic mass is 9.96. The first-order valence-corrected chi connectivity index (χ1v) is 19.3. The van der Waals surface area contributed by atoms with E-state index in [2.05, 4.69) is 169 Å². The molecule has 0 amide bonds. The smallest absolute Gasteiger partial charge is 0.0468 e. The number of fused-ring (bicyclic) bond motifs is 11. The van der Waals surface area contributed by atoms with E-state index in [9.17, 15) is 0 Å². The van der Waals surface area contributed by atoms with Crippen molar-refractivity contribution in [2.24, 2.45) is 0 Å². The monoisotopic (exact) mass is 689 g/mol. The molecule has 0 N–H and O–H groups in total. The van der Waals surface area contributed by atoms with Crippen molar-refractivity contribution >= 4 is 122 Å². The third kappa shape index (κ3) is 4.29. The first-order valence-electron chi connectivity index (χ1n) is 16.8. The first kappa shape index (κ1) is 28.3. The van der Waals surface area contributed by atoms with E-state index in [0.717, 1.165) is 17.1 Å². The lowest BCUT2D eigenvalue weighted by Gasteiger charge is -2.26. The minimum Gasteiger partial charge on any atom is -0.310 e. The molecular formula is C46H27NS3. The predicted octanol–water partition coefficient (Wildman–Crippen LogP) is 15.1. The van der Waals surface area contributed by atoms with Crippen LogP contribution in [0.4, 0.5) is 17.1 Å². The number of hydrogen-bond acceptors (Lipinski definition) is 4. The van der Waals surface area contributed by atoms with E-state index in [1.807, 2.05) is 34.0 Å². The van der Waals surface area contributed by atoms with Crippen LogP contribution in [0.15, 0.2) is 164 Å². The Labute approximate surface area is 300 Å². The molecule has 1 nitrogen and oxygen atoms in total. The lowest BCUT2D eigenvalue weighted by Crippen LogP contribution is -2.09. The minimum atomic E-state index is 1.14. The van der Waals surface area contributed by atoms with Crippen LogP contribution in [-0.2, 0) is 0 Å². The third-order valence-electron chi connectivity index (χ3n) is 10.1. The van der Waals surface area contributed by atoms with Gasteiger partial charge in [-0.25, -0.2) is 0 Å². The van der Waals surface area contributed by atoms with Crippen LogP contribution >= 0.6 is 34.0 Å². The molecule has 3 heterocycles. The highest BCUT2D eigenvalue weighted by molar-refractivity contribution is 7.27. The molecule has 4 heteroatoms. The number of rotatable bonds is 4. The lowest BCUT2D eigenvalue weighted by molar-refractivity contribution is 1.30. The van der Waals surface area contributed by atoms with E-state index in [1.165, 1.54) is 82.4 Å². The maximum Gasteiger partial charge on any atom is 0.0468 e. The molecule has 8 aromatic carbocycles. The van der Waals surface area contributed by atoms with Crippen molar-refractivity contribution in [1.82, 2.24) is 0 Å². The summed E-state index contributed by atoms with van der Waals surface area (Å²) >= 11 is 5.63. The molecule has 0 unspecified atom stereocenters. The van der Waals surface area contributed by atoms with E-state index in [0.29, 0.717) is 0 Å². The summed E-state index contributed by atoms with van der Waals surface area (Å²) in [7, 11) is 0. The largest absolute Gasteiger partial charge is 0.310 e. The fourth-order valence-electron chi connectivity index (χ4n) is 7.74. The summed E-state index contributed by atoms with van der Waals surface area (Å²) < 4.78 is 7.97. The molecule has 0 spiro atoms. The Morgan fingerprint density at radius 2 is 0.860 bits per heavy atom. The molecule has 0 aliphatic heterocycles. The summed E-state index contributed by atoms with van der Waals surface area (Å²) in [5.41, 5.74) is 5.95. The van der Waals surface area contributed by atoms with Gasteiger partial charge in [-0.2, -0.15) is 0 Å². The Morgan fingerprint density at radius 3 is 1.48 bits per heavy atom. The molecular weight excluding hydrogens is 663 g/mol. The van der Waals surface area contributed by atoms with Gasteiger partial charge in [-0.3, -0.25) is 0 Å². The van der Waals surface area contributed by atoms with Crippen molar-refractivity contribution in [3.8, 4) is 11.1 Å². The summed E-state index contributed by atoms with van der Waals surface area (Å²) in [5.74, 6) is 0. The van der Waals surface area contributed by atoms with Crippen molar-refractivity contribution in [1.29, 1.82) is 0 Å². The Morgan fingerprint density at radius 1 is 0.340 bits per heavy atom. The molecule has 0 saturated heterocycles. The van der Waals surface area contributed by atoms with Gasteiger partial charge < -0.3 is 4.90 Å². The molecule has 0 bridgehead atoms. The highest BCUT2D eigenvalue weighted by atomic mass is 32.1. The van der Waals surface area contributed by atoms with Crippen molar-refractivity contribution in [3.05, 3.63) is 164 Å². The van der Waals surface area contributed by atoms with Crippen LogP contribution in [0.25, 0.3) is 82.4 Å². The summed E-state index contributed by atoms with van der Waals surface area (Å²) in [6, 6.07) is 60.7. The standard InChI is InChI=1S/C46H27NS3/c1-6-15-42-34(9-1)37-23-18-29-8-7-12-33(45(29)46(37)50-42)28-16-19-30(20-17-28)47(31-21-24-43-38(26-31)35-10-2-4-13-40(35)48-43)32-22-25-44-39(27-32)36-11-3-5-14-41(36)49-44/h1-27H. The highest BCUT2D eigenvalue weighted by Crippen LogP contribution is 2.45. The molecule has 50 heavy (non-hydrogen) atoms. The molecule has 0 aliphatic carbocycles. The maximum atomic E-state index is 2.43. The topological polar surface area (TPSA) is 3.24 Å². The molecule has 0 aliphatic rings. The van der Waals surface area contributed by atoms with Crippen LogP contribution in [0, 0.1) is 0 Å². The van der Waals surface area contributed by atoms with E-state index in [1.54, 1.807) is 0 Å². The van der Waals surface area contributed by atoms with Gasteiger partial charge in [0, 0.05) is 83.0 Å². The Hall–Kier alpha value is -5.52. The van der Waals surface area contributed by atoms with Gasteiger partial charge >= 0.3 is 0 Å². The fourth-order valence-corrected chi connectivity index (χ4v) is 11.2. The molecule has 0 saturated carbocycles. The average Bonchev–Trinajstić information content (AvgIpc) is 3.86. The van der Waals surface area contributed by atoms with Crippen LogP contribution in [0.3, 0.4) is 0 Å². The third-order valence-corrected chi connectivity index (χ3v) is 13.6. The quantitative estimate of drug-likeness (QED) is 0.178. The normalized spacial score (nSPS) is 12.0. The Bertz CT molecular complexity index is 2990. The van der Waals surface area contributed by atoms with Gasteiger partial charge in [0.05, 0.1) is 0 Å².